The van der Waals surface area contributed by atoms with E-state index in [4.69, 9.17) is 5.73 Å². The summed E-state index contributed by atoms with van der Waals surface area (Å²) in [6.07, 6.45) is 2.69. The van der Waals surface area contributed by atoms with Gasteiger partial charge in [-0.1, -0.05) is 0 Å². The Hall–Kier alpha value is -0.980. The molecular weight excluding hydrogens is 260 g/mol. The van der Waals surface area contributed by atoms with E-state index in [1.54, 1.807) is 30.3 Å². The normalized spacial score (nSPS) is 20.5. The molecule has 0 aliphatic carbocycles. The number of carbonyl (C=O) groups is 1. The van der Waals surface area contributed by atoms with Crippen molar-refractivity contribution in [2.45, 2.75) is 31.8 Å². The molecule has 0 bridgehead atoms. The highest BCUT2D eigenvalue weighted by molar-refractivity contribution is 7.09. The summed E-state index contributed by atoms with van der Waals surface area (Å²) in [4.78, 5) is 20.1. The number of likely N-dealkylation sites (N-methyl/N-ethyl adjacent to an activating group) is 1. The van der Waals surface area contributed by atoms with E-state index in [2.05, 4.69) is 15.3 Å². The number of rotatable bonds is 4. The number of hydrogen-bond donors (Lipinski definition) is 1. The van der Waals surface area contributed by atoms with Crippen molar-refractivity contribution in [3.05, 3.63) is 16.1 Å². The molecular formula is C13H22N4OS. The van der Waals surface area contributed by atoms with Gasteiger partial charge in [-0.25, -0.2) is 4.98 Å². The number of likely N-dealkylation sites (tertiary alicyclic amines) is 1. The molecule has 0 radical (unpaired) electrons. The number of nitrogens with zero attached hydrogens (tertiary/aromatic N) is 3. The van der Waals surface area contributed by atoms with Crippen molar-refractivity contribution in [2.75, 3.05) is 27.2 Å². The lowest BCUT2D eigenvalue weighted by Crippen LogP contribution is -2.42. The zero-order valence-corrected chi connectivity index (χ0v) is 12.4. The van der Waals surface area contributed by atoms with Gasteiger partial charge in [-0.3, -0.25) is 9.69 Å². The molecule has 1 saturated heterocycles. The second-order valence-electron chi connectivity index (χ2n) is 5.33. The van der Waals surface area contributed by atoms with Gasteiger partial charge in [-0.05, 0) is 19.4 Å². The lowest BCUT2D eigenvalue weighted by Gasteiger charge is -2.29. The molecule has 2 rings (SSSR count). The number of piperidine rings is 1. The van der Waals surface area contributed by atoms with Gasteiger partial charge in [-0.2, -0.15) is 0 Å². The molecule has 1 aliphatic rings. The molecule has 19 heavy (non-hydrogen) atoms. The number of hydrogen-bond acceptors (Lipinski definition) is 5. The van der Waals surface area contributed by atoms with Gasteiger partial charge >= 0.3 is 0 Å². The Bertz CT molecular complexity index is 432. The summed E-state index contributed by atoms with van der Waals surface area (Å²) in [6.45, 7) is 2.89. The zero-order chi connectivity index (χ0) is 13.8. The van der Waals surface area contributed by atoms with Gasteiger partial charge in [0.2, 0.25) is 5.91 Å². The molecule has 0 unspecified atom stereocenters. The highest BCUT2D eigenvalue weighted by Gasteiger charge is 2.18. The third kappa shape index (κ3) is 4.26. The van der Waals surface area contributed by atoms with E-state index < -0.39 is 0 Å². The third-order valence-corrected chi connectivity index (χ3v) is 4.23. The molecule has 6 heteroatoms. The monoisotopic (exact) mass is 282 g/mol. The highest BCUT2D eigenvalue weighted by atomic mass is 32.1. The van der Waals surface area contributed by atoms with Crippen LogP contribution >= 0.6 is 11.3 Å². The predicted octanol–water partition coefficient (Wildman–Crippen LogP) is 0.697. The third-order valence-electron chi connectivity index (χ3n) is 3.33. The van der Waals surface area contributed by atoms with E-state index in [0.717, 1.165) is 43.2 Å². The Kier molecular flexibility index (Phi) is 4.90. The molecule has 1 aromatic rings. The number of amides is 1. The lowest BCUT2D eigenvalue weighted by atomic mass is 10.1. The summed E-state index contributed by atoms with van der Waals surface area (Å²) in [5.74, 6) is 0.0981. The molecule has 1 fully saturated rings. The van der Waals surface area contributed by atoms with Crippen LogP contribution in [0.25, 0.3) is 0 Å². The van der Waals surface area contributed by atoms with Crippen LogP contribution in [0.15, 0.2) is 5.38 Å². The molecule has 0 spiro atoms. The minimum atomic E-state index is 0.0981. The zero-order valence-electron chi connectivity index (χ0n) is 11.6. The van der Waals surface area contributed by atoms with Gasteiger partial charge in [0, 0.05) is 38.6 Å². The van der Waals surface area contributed by atoms with Crippen LogP contribution in [0, 0.1) is 0 Å². The van der Waals surface area contributed by atoms with E-state index >= 15 is 0 Å². The van der Waals surface area contributed by atoms with Crippen LogP contribution in [-0.4, -0.2) is 53.9 Å². The van der Waals surface area contributed by atoms with E-state index in [9.17, 15) is 4.79 Å². The van der Waals surface area contributed by atoms with Crippen LogP contribution in [0.2, 0.25) is 0 Å². The van der Waals surface area contributed by atoms with Crippen LogP contribution < -0.4 is 5.73 Å². The lowest BCUT2D eigenvalue weighted by molar-refractivity contribution is -0.127. The maximum Gasteiger partial charge on any atom is 0.228 e. The maximum atomic E-state index is 11.6. The minimum absolute atomic E-state index is 0.0981. The first-order chi connectivity index (χ1) is 9.04. The quantitative estimate of drug-likeness (QED) is 0.883. The van der Waals surface area contributed by atoms with Crippen LogP contribution in [-0.2, 0) is 17.8 Å². The number of nitrogens with two attached hydrogens (primary N) is 1. The van der Waals surface area contributed by atoms with E-state index in [1.807, 2.05) is 0 Å². The standard InChI is InChI=1S/C13H22N4OS/c1-16(2)13(18)6-12-15-11(9-19-12)8-17-5-3-4-10(14)7-17/h9-10H,3-8,14H2,1-2H3/t10-/m1/s1. The maximum absolute atomic E-state index is 11.6. The molecule has 1 amide bonds. The molecule has 1 aliphatic heterocycles. The van der Waals surface area contributed by atoms with Crippen molar-refractivity contribution < 1.29 is 4.79 Å². The van der Waals surface area contributed by atoms with Crippen molar-refractivity contribution in [1.29, 1.82) is 0 Å². The second-order valence-corrected chi connectivity index (χ2v) is 6.28. The Morgan fingerprint density at radius 3 is 3.11 bits per heavy atom. The first kappa shape index (κ1) is 14.4. The SMILES string of the molecule is CN(C)C(=O)Cc1nc(CN2CCC[C@@H](N)C2)cs1. The van der Waals surface area contributed by atoms with Crippen molar-refractivity contribution in [2.24, 2.45) is 5.73 Å². The van der Waals surface area contributed by atoms with Gasteiger partial charge in [0.1, 0.15) is 5.01 Å². The van der Waals surface area contributed by atoms with Gasteiger partial charge < -0.3 is 10.6 Å². The molecule has 5 nitrogen and oxygen atoms in total. The molecule has 0 saturated carbocycles. The van der Waals surface area contributed by atoms with Gasteiger partial charge in [-0.15, -0.1) is 11.3 Å². The van der Waals surface area contributed by atoms with Gasteiger partial charge in [0.25, 0.3) is 0 Å². The molecule has 1 atom stereocenters. The largest absolute Gasteiger partial charge is 0.348 e. The fraction of sp³-hybridized carbons (Fsp3) is 0.692. The molecule has 106 valence electrons. The minimum Gasteiger partial charge on any atom is -0.348 e. The van der Waals surface area contributed by atoms with E-state index in [1.165, 1.54) is 0 Å². The van der Waals surface area contributed by atoms with Crippen LogP contribution in [0.4, 0.5) is 0 Å². The van der Waals surface area contributed by atoms with Crippen molar-refractivity contribution >= 4 is 17.2 Å². The second kappa shape index (κ2) is 6.45. The predicted molar refractivity (Wildman–Crippen MR) is 77.0 cm³/mol. The van der Waals surface area contributed by atoms with E-state index in [0.29, 0.717) is 12.5 Å². The fourth-order valence-corrected chi connectivity index (χ4v) is 3.03. The number of aromatic nitrogens is 1. The number of thiazole rings is 1. The van der Waals surface area contributed by atoms with Crippen molar-refractivity contribution in [1.82, 2.24) is 14.8 Å². The van der Waals surface area contributed by atoms with Crippen LogP contribution in [0.3, 0.4) is 0 Å². The highest BCUT2D eigenvalue weighted by Crippen LogP contribution is 2.16. The van der Waals surface area contributed by atoms with Crippen LogP contribution in [0.1, 0.15) is 23.5 Å². The Morgan fingerprint density at radius 2 is 2.42 bits per heavy atom. The summed E-state index contributed by atoms with van der Waals surface area (Å²) in [7, 11) is 3.54. The van der Waals surface area contributed by atoms with Crippen molar-refractivity contribution in [3.8, 4) is 0 Å². The molecule has 1 aromatic heterocycles. The molecule has 2 N–H and O–H groups in total. The Labute approximate surface area is 118 Å². The summed E-state index contributed by atoms with van der Waals surface area (Å²) < 4.78 is 0. The molecule has 2 heterocycles. The number of carbonyl (C=O) groups excluding carboxylic acids is 1. The molecule has 0 aromatic carbocycles. The smallest absolute Gasteiger partial charge is 0.228 e. The van der Waals surface area contributed by atoms with Crippen LogP contribution in [0.5, 0.6) is 0 Å². The summed E-state index contributed by atoms with van der Waals surface area (Å²) in [5, 5.41) is 2.95. The topological polar surface area (TPSA) is 62.5 Å². The first-order valence-corrected chi connectivity index (χ1v) is 7.54. The summed E-state index contributed by atoms with van der Waals surface area (Å²) in [6, 6.07) is 0.294. The average Bonchev–Trinajstić information content (AvgIpc) is 2.76. The fourth-order valence-electron chi connectivity index (χ4n) is 2.25. The first-order valence-electron chi connectivity index (χ1n) is 6.66. The Balaban J connectivity index is 1.88. The summed E-state index contributed by atoms with van der Waals surface area (Å²) >= 11 is 1.57. The van der Waals surface area contributed by atoms with Gasteiger partial charge in [0.05, 0.1) is 12.1 Å². The average molecular weight is 282 g/mol. The van der Waals surface area contributed by atoms with Gasteiger partial charge in [0.15, 0.2) is 0 Å². The summed E-state index contributed by atoms with van der Waals surface area (Å²) in [5.41, 5.74) is 7.03. The Morgan fingerprint density at radius 1 is 1.63 bits per heavy atom. The van der Waals surface area contributed by atoms with E-state index in [-0.39, 0.29) is 5.91 Å². The van der Waals surface area contributed by atoms with Crippen molar-refractivity contribution in [3.63, 3.8) is 0 Å².